The van der Waals surface area contributed by atoms with E-state index in [1.54, 1.807) is 12.1 Å². The third-order valence-electron chi connectivity index (χ3n) is 2.12. The third-order valence-corrected chi connectivity index (χ3v) is 2.80. The molecule has 0 spiro atoms. The summed E-state index contributed by atoms with van der Waals surface area (Å²) >= 11 is 3.39. The number of hydrogen-bond donors (Lipinski definition) is 1. The van der Waals surface area contributed by atoms with Gasteiger partial charge in [-0.05, 0) is 30.5 Å². The standard InChI is InChI=1S/C11H13BrO2/c1-6(2)8-5-11(14)9(7(3)13)4-10(8)12/h4-6,14H,1-3H3. The van der Waals surface area contributed by atoms with E-state index in [9.17, 15) is 9.90 Å². The van der Waals surface area contributed by atoms with Crippen molar-refractivity contribution in [3.8, 4) is 5.75 Å². The quantitative estimate of drug-likeness (QED) is 0.823. The van der Waals surface area contributed by atoms with Gasteiger partial charge in [0.2, 0.25) is 0 Å². The highest BCUT2D eigenvalue weighted by atomic mass is 79.9. The highest BCUT2D eigenvalue weighted by molar-refractivity contribution is 9.10. The Kier molecular flexibility index (Phi) is 3.32. The molecule has 1 N–H and O–H groups in total. The van der Waals surface area contributed by atoms with E-state index in [1.165, 1.54) is 6.92 Å². The number of Topliss-reactive ketones (excluding diaryl/α,β-unsaturated/α-hetero) is 1. The first-order valence-electron chi connectivity index (χ1n) is 4.46. The number of carbonyl (C=O) groups excluding carboxylic acids is 1. The van der Waals surface area contributed by atoms with Crippen LogP contribution in [0.4, 0.5) is 0 Å². The highest BCUT2D eigenvalue weighted by Crippen LogP contribution is 2.31. The Balaban J connectivity index is 3.31. The Bertz CT molecular complexity index is 370. The van der Waals surface area contributed by atoms with Crippen molar-refractivity contribution in [2.75, 3.05) is 0 Å². The van der Waals surface area contributed by atoms with Gasteiger partial charge >= 0.3 is 0 Å². The van der Waals surface area contributed by atoms with Crippen molar-refractivity contribution in [1.29, 1.82) is 0 Å². The molecule has 0 unspecified atom stereocenters. The zero-order chi connectivity index (χ0) is 10.9. The van der Waals surface area contributed by atoms with Gasteiger partial charge in [-0.15, -0.1) is 0 Å². The molecule has 0 aliphatic carbocycles. The highest BCUT2D eigenvalue weighted by Gasteiger charge is 2.12. The van der Waals surface area contributed by atoms with Crippen molar-refractivity contribution >= 4 is 21.7 Å². The Hall–Kier alpha value is -0.830. The van der Waals surface area contributed by atoms with Crippen molar-refractivity contribution < 1.29 is 9.90 Å². The number of ketones is 1. The van der Waals surface area contributed by atoms with E-state index in [4.69, 9.17) is 0 Å². The van der Waals surface area contributed by atoms with Gasteiger partial charge in [-0.25, -0.2) is 0 Å². The van der Waals surface area contributed by atoms with Crippen LogP contribution in [0.5, 0.6) is 5.75 Å². The molecule has 0 saturated carbocycles. The SMILES string of the molecule is CC(=O)c1cc(Br)c(C(C)C)cc1O. The summed E-state index contributed by atoms with van der Waals surface area (Å²) in [6.45, 7) is 5.51. The van der Waals surface area contributed by atoms with Crippen LogP contribution in [0, 0.1) is 0 Å². The van der Waals surface area contributed by atoms with Gasteiger partial charge in [-0.2, -0.15) is 0 Å². The predicted molar refractivity (Wildman–Crippen MR) is 59.9 cm³/mol. The van der Waals surface area contributed by atoms with E-state index >= 15 is 0 Å². The fourth-order valence-electron chi connectivity index (χ4n) is 1.30. The van der Waals surface area contributed by atoms with Crippen LogP contribution < -0.4 is 0 Å². The van der Waals surface area contributed by atoms with Gasteiger partial charge in [-0.3, -0.25) is 4.79 Å². The maximum atomic E-state index is 11.1. The van der Waals surface area contributed by atoms with Crippen LogP contribution in [0.15, 0.2) is 16.6 Å². The molecule has 2 nitrogen and oxygen atoms in total. The molecule has 1 aromatic rings. The minimum absolute atomic E-state index is 0.0596. The van der Waals surface area contributed by atoms with Crippen LogP contribution in [-0.2, 0) is 0 Å². The van der Waals surface area contributed by atoms with E-state index in [2.05, 4.69) is 15.9 Å². The molecule has 14 heavy (non-hydrogen) atoms. The number of halogens is 1. The van der Waals surface area contributed by atoms with Gasteiger partial charge in [0, 0.05) is 4.47 Å². The smallest absolute Gasteiger partial charge is 0.163 e. The molecular formula is C11H13BrO2. The molecule has 3 heteroatoms. The lowest BCUT2D eigenvalue weighted by atomic mass is 10.00. The van der Waals surface area contributed by atoms with Crippen molar-refractivity contribution in [2.45, 2.75) is 26.7 Å². The number of phenols is 1. The van der Waals surface area contributed by atoms with E-state index in [-0.39, 0.29) is 11.5 Å². The maximum absolute atomic E-state index is 11.1. The number of hydrogen-bond acceptors (Lipinski definition) is 2. The average molecular weight is 257 g/mol. The second-order valence-electron chi connectivity index (χ2n) is 3.60. The molecule has 0 aliphatic heterocycles. The Labute approximate surface area is 92.1 Å². The topological polar surface area (TPSA) is 37.3 Å². The number of aromatic hydroxyl groups is 1. The first-order valence-corrected chi connectivity index (χ1v) is 5.26. The van der Waals surface area contributed by atoms with Gasteiger partial charge in [0.1, 0.15) is 5.75 Å². The normalized spacial score (nSPS) is 10.6. The molecule has 1 rings (SSSR count). The molecule has 0 bridgehead atoms. The minimum atomic E-state index is -0.126. The van der Waals surface area contributed by atoms with Gasteiger partial charge in [0.25, 0.3) is 0 Å². The third kappa shape index (κ3) is 2.15. The van der Waals surface area contributed by atoms with Crippen LogP contribution in [0.1, 0.15) is 42.6 Å². The van der Waals surface area contributed by atoms with E-state index in [0.29, 0.717) is 11.5 Å². The number of carbonyl (C=O) groups is 1. The molecule has 76 valence electrons. The van der Waals surface area contributed by atoms with E-state index in [1.807, 2.05) is 13.8 Å². The Morgan fingerprint density at radius 1 is 1.43 bits per heavy atom. The molecule has 0 aliphatic rings. The van der Waals surface area contributed by atoms with Gasteiger partial charge < -0.3 is 5.11 Å². The summed E-state index contributed by atoms with van der Waals surface area (Å²) in [5.74, 6) is 0.249. The molecule has 0 fully saturated rings. The molecule has 1 aromatic carbocycles. The Morgan fingerprint density at radius 3 is 2.43 bits per heavy atom. The summed E-state index contributed by atoms with van der Waals surface area (Å²) in [5, 5.41) is 9.59. The largest absolute Gasteiger partial charge is 0.507 e. The van der Waals surface area contributed by atoms with Crippen LogP contribution in [0.2, 0.25) is 0 Å². The van der Waals surface area contributed by atoms with Gasteiger partial charge in [-0.1, -0.05) is 29.8 Å². The number of benzene rings is 1. The summed E-state index contributed by atoms with van der Waals surface area (Å²) in [6.07, 6.45) is 0. The zero-order valence-corrected chi connectivity index (χ0v) is 10.1. The van der Waals surface area contributed by atoms with Crippen LogP contribution in [0.3, 0.4) is 0 Å². The van der Waals surface area contributed by atoms with Crippen LogP contribution in [0.25, 0.3) is 0 Å². The predicted octanol–water partition coefficient (Wildman–Crippen LogP) is 3.48. The molecule has 0 saturated heterocycles. The summed E-state index contributed by atoms with van der Waals surface area (Å²) in [5.41, 5.74) is 1.37. The van der Waals surface area contributed by atoms with Crippen LogP contribution >= 0.6 is 15.9 Å². The second-order valence-corrected chi connectivity index (χ2v) is 4.46. The lowest BCUT2D eigenvalue weighted by Gasteiger charge is -2.10. The fraction of sp³-hybridized carbons (Fsp3) is 0.364. The molecule has 0 atom stereocenters. The van der Waals surface area contributed by atoms with Crippen molar-refractivity contribution in [3.05, 3.63) is 27.7 Å². The van der Waals surface area contributed by atoms with E-state index < -0.39 is 0 Å². The average Bonchev–Trinajstić information content (AvgIpc) is 2.07. The number of rotatable bonds is 2. The first kappa shape index (κ1) is 11.2. The van der Waals surface area contributed by atoms with Crippen molar-refractivity contribution in [2.24, 2.45) is 0 Å². The Morgan fingerprint density at radius 2 is 2.00 bits per heavy atom. The molecule has 0 radical (unpaired) electrons. The zero-order valence-electron chi connectivity index (χ0n) is 8.47. The number of phenolic OH excluding ortho intramolecular Hbond substituents is 1. The summed E-state index contributed by atoms with van der Waals surface area (Å²) in [7, 11) is 0. The van der Waals surface area contributed by atoms with Crippen molar-refractivity contribution in [3.63, 3.8) is 0 Å². The molecular weight excluding hydrogens is 244 g/mol. The summed E-state index contributed by atoms with van der Waals surface area (Å²) in [4.78, 5) is 11.1. The first-order chi connectivity index (χ1) is 6.43. The summed E-state index contributed by atoms with van der Waals surface area (Å²) < 4.78 is 0.871. The monoisotopic (exact) mass is 256 g/mol. The fourth-order valence-corrected chi connectivity index (χ4v) is 2.10. The van der Waals surface area contributed by atoms with Crippen molar-refractivity contribution in [1.82, 2.24) is 0 Å². The molecule has 0 amide bonds. The van der Waals surface area contributed by atoms with E-state index in [0.717, 1.165) is 10.0 Å². The summed E-state index contributed by atoms with van der Waals surface area (Å²) in [6, 6.07) is 3.32. The van der Waals surface area contributed by atoms with Gasteiger partial charge in [0.15, 0.2) is 5.78 Å². The van der Waals surface area contributed by atoms with Gasteiger partial charge in [0.05, 0.1) is 5.56 Å². The molecule has 0 aromatic heterocycles. The molecule has 0 heterocycles. The second kappa shape index (κ2) is 4.13. The van der Waals surface area contributed by atoms with Crippen LogP contribution in [-0.4, -0.2) is 10.9 Å². The lowest BCUT2D eigenvalue weighted by molar-refractivity contribution is 0.101. The minimum Gasteiger partial charge on any atom is -0.507 e. The maximum Gasteiger partial charge on any atom is 0.163 e. The lowest BCUT2D eigenvalue weighted by Crippen LogP contribution is -1.96.